The second-order valence-electron chi connectivity index (χ2n) is 6.33. The van der Waals surface area contributed by atoms with Crippen LogP contribution in [0.5, 0.6) is 10.8 Å². The molecule has 0 amide bonds. The van der Waals surface area contributed by atoms with Crippen molar-refractivity contribution < 1.29 is 50.9 Å². The van der Waals surface area contributed by atoms with E-state index in [1.165, 1.54) is 6.92 Å². The van der Waals surface area contributed by atoms with E-state index in [0.29, 0.717) is 0 Å². The Balaban J connectivity index is 2.08. The van der Waals surface area contributed by atoms with Gasteiger partial charge in [-0.15, -0.1) is 0 Å². The number of hydrogen-bond acceptors (Lipinski definition) is 5. The maximum Gasteiger partial charge on any atom is 0.499 e. The van der Waals surface area contributed by atoms with Crippen LogP contribution in [0.25, 0.3) is 10.9 Å². The number of carbonyl (C=O) groups is 2. The number of ether oxygens (including phenoxy) is 1. The topological polar surface area (TPSA) is 88.8 Å². The number of hydrogen-bond donors (Lipinski definition) is 2. The average molecular weight is 467 g/mol. The van der Waals surface area contributed by atoms with Gasteiger partial charge in [0.2, 0.25) is 0 Å². The van der Waals surface area contributed by atoms with Crippen molar-refractivity contribution in [2.75, 3.05) is 0 Å². The smallest absolute Gasteiger partial charge is 0.499 e. The Hall–Kier alpha value is -3.22. The van der Waals surface area contributed by atoms with Gasteiger partial charge in [-0.25, -0.2) is 4.39 Å². The number of rotatable bonds is 5. The lowest BCUT2D eigenvalue weighted by Crippen LogP contribution is -2.41. The van der Waals surface area contributed by atoms with Gasteiger partial charge < -0.3 is 14.9 Å². The van der Waals surface area contributed by atoms with Crippen LogP contribution in [0.15, 0.2) is 24.3 Å². The SMILES string of the molecule is Cc1c(CC(=O)O)c2cc(O)c(F)cc2n1C(=O)c1ccc(OC(F)(F)C(F)(F)F)s1. The lowest BCUT2D eigenvalue weighted by molar-refractivity contribution is -0.359. The fourth-order valence-corrected chi connectivity index (χ4v) is 3.72. The molecule has 0 bridgehead atoms. The van der Waals surface area contributed by atoms with Crippen LogP contribution in [-0.2, 0) is 11.2 Å². The minimum atomic E-state index is -5.97. The van der Waals surface area contributed by atoms with Crippen molar-refractivity contribution in [2.24, 2.45) is 0 Å². The number of phenolic OH excluding ortho intramolecular Hbond substituents is 1. The van der Waals surface area contributed by atoms with Crippen LogP contribution in [0, 0.1) is 12.7 Å². The summed E-state index contributed by atoms with van der Waals surface area (Å²) in [5.74, 6) is -4.12. The van der Waals surface area contributed by atoms with Gasteiger partial charge in [-0.2, -0.15) is 22.0 Å². The highest BCUT2D eigenvalue weighted by atomic mass is 32.1. The third kappa shape index (κ3) is 4.04. The quantitative estimate of drug-likeness (QED) is 0.531. The molecule has 2 N–H and O–H groups in total. The Bertz CT molecular complexity index is 1200. The number of fused-ring (bicyclic) bond motifs is 1. The molecule has 0 aliphatic rings. The van der Waals surface area contributed by atoms with E-state index < -0.39 is 47.2 Å². The molecule has 0 aliphatic heterocycles. The molecule has 13 heteroatoms. The van der Waals surface area contributed by atoms with E-state index in [2.05, 4.69) is 4.74 Å². The van der Waals surface area contributed by atoms with Crippen LogP contribution < -0.4 is 4.74 Å². The zero-order chi connectivity index (χ0) is 23.3. The molecule has 31 heavy (non-hydrogen) atoms. The average Bonchev–Trinajstić information content (AvgIpc) is 3.18. The number of phenols is 1. The maximum atomic E-state index is 13.9. The van der Waals surface area contributed by atoms with Crippen LogP contribution in [0.1, 0.15) is 20.9 Å². The molecular formula is C18H11F6NO5S. The fraction of sp³-hybridized carbons (Fsp3) is 0.222. The van der Waals surface area contributed by atoms with Gasteiger partial charge in [0.25, 0.3) is 5.91 Å². The Kier molecular flexibility index (Phi) is 5.42. The summed E-state index contributed by atoms with van der Waals surface area (Å²) in [6.45, 7) is 1.34. The second kappa shape index (κ2) is 7.48. The number of carboxylic acid groups (broad SMARTS) is 1. The van der Waals surface area contributed by atoms with Crippen molar-refractivity contribution in [1.29, 1.82) is 0 Å². The molecule has 6 nitrogen and oxygen atoms in total. The van der Waals surface area contributed by atoms with Gasteiger partial charge >= 0.3 is 18.3 Å². The lowest BCUT2D eigenvalue weighted by atomic mass is 10.1. The molecule has 0 saturated heterocycles. The van der Waals surface area contributed by atoms with Crippen LogP contribution in [-0.4, -0.2) is 38.9 Å². The first kappa shape index (κ1) is 22.5. The number of aromatic nitrogens is 1. The molecule has 0 spiro atoms. The fourth-order valence-electron chi connectivity index (χ4n) is 2.91. The van der Waals surface area contributed by atoms with Crippen LogP contribution in [0.3, 0.4) is 0 Å². The number of nitrogens with zero attached hydrogens (tertiary/aromatic N) is 1. The Morgan fingerprint density at radius 3 is 2.39 bits per heavy atom. The van der Waals surface area contributed by atoms with Gasteiger partial charge in [-0.3, -0.25) is 14.2 Å². The molecule has 0 unspecified atom stereocenters. The van der Waals surface area contributed by atoms with Crippen molar-refractivity contribution in [3.8, 4) is 10.8 Å². The first-order valence-electron chi connectivity index (χ1n) is 8.25. The molecule has 1 aromatic carbocycles. The first-order valence-corrected chi connectivity index (χ1v) is 9.07. The Labute approximate surface area is 172 Å². The van der Waals surface area contributed by atoms with Crippen LogP contribution in [0.2, 0.25) is 0 Å². The highest BCUT2D eigenvalue weighted by molar-refractivity contribution is 7.15. The summed E-state index contributed by atoms with van der Waals surface area (Å²) in [6, 6.07) is 3.40. The summed E-state index contributed by atoms with van der Waals surface area (Å²) >= 11 is 0.195. The van der Waals surface area contributed by atoms with Crippen molar-refractivity contribution >= 4 is 34.1 Å². The van der Waals surface area contributed by atoms with Gasteiger partial charge in [-0.05, 0) is 30.7 Å². The molecule has 2 aromatic heterocycles. The molecule has 3 rings (SSSR count). The van der Waals surface area contributed by atoms with Crippen molar-refractivity contribution in [1.82, 2.24) is 4.57 Å². The third-order valence-electron chi connectivity index (χ3n) is 4.29. The van der Waals surface area contributed by atoms with E-state index in [9.17, 15) is 41.0 Å². The lowest BCUT2D eigenvalue weighted by Gasteiger charge is -2.18. The maximum absolute atomic E-state index is 13.9. The summed E-state index contributed by atoms with van der Waals surface area (Å²) in [6.07, 6.45) is -12.0. The van der Waals surface area contributed by atoms with Crippen molar-refractivity contribution in [3.05, 3.63) is 46.2 Å². The number of halogens is 6. The molecule has 0 radical (unpaired) electrons. The van der Waals surface area contributed by atoms with Crippen molar-refractivity contribution in [3.63, 3.8) is 0 Å². The molecule has 0 fully saturated rings. The largest absolute Gasteiger partial charge is 0.505 e. The number of aliphatic carboxylic acids is 1. The normalized spacial score (nSPS) is 12.4. The second-order valence-corrected chi connectivity index (χ2v) is 7.38. The summed E-state index contributed by atoms with van der Waals surface area (Å²) in [5.41, 5.74) is 0.0252. The van der Waals surface area contributed by atoms with Gasteiger partial charge in [-0.1, -0.05) is 11.3 Å². The van der Waals surface area contributed by atoms with Gasteiger partial charge in [0.15, 0.2) is 16.6 Å². The van der Waals surface area contributed by atoms with Gasteiger partial charge in [0.05, 0.1) is 16.8 Å². The zero-order valence-corrected chi connectivity index (χ0v) is 16.1. The molecule has 0 atom stereocenters. The Morgan fingerprint density at radius 1 is 1.16 bits per heavy atom. The van der Waals surface area contributed by atoms with E-state index in [0.717, 1.165) is 28.8 Å². The molecule has 166 valence electrons. The highest BCUT2D eigenvalue weighted by Gasteiger charge is 2.61. The third-order valence-corrected chi connectivity index (χ3v) is 5.24. The zero-order valence-electron chi connectivity index (χ0n) is 15.3. The minimum absolute atomic E-state index is 0.0591. The number of aromatic hydroxyl groups is 1. The number of carboxylic acids is 1. The molecule has 3 aromatic rings. The van der Waals surface area contributed by atoms with Crippen LogP contribution >= 0.6 is 11.3 Å². The monoisotopic (exact) mass is 467 g/mol. The van der Waals surface area contributed by atoms with E-state index in [4.69, 9.17) is 5.11 Å². The summed E-state index contributed by atoms with van der Waals surface area (Å²) in [4.78, 5) is 23.8. The van der Waals surface area contributed by atoms with Crippen LogP contribution in [0.4, 0.5) is 26.3 Å². The van der Waals surface area contributed by atoms with E-state index in [-0.39, 0.29) is 38.4 Å². The number of carbonyl (C=O) groups excluding carboxylic acids is 1. The summed E-state index contributed by atoms with van der Waals surface area (Å²) in [5, 5.41) is 17.9. The number of alkyl halides is 5. The standard InChI is InChI=1S/C18H11F6NO5S/c1-7-8(5-14(27)28)9-4-12(26)10(19)6-11(9)25(7)16(29)13-2-3-15(31-13)30-18(23,24)17(20,21)22/h2-4,6,26H,5H2,1H3,(H,27,28). The minimum Gasteiger partial charge on any atom is -0.505 e. The van der Waals surface area contributed by atoms with Gasteiger partial charge in [0.1, 0.15) is 0 Å². The number of benzene rings is 1. The predicted octanol–water partition coefficient (Wildman–Crippen LogP) is 4.71. The molecular weight excluding hydrogens is 456 g/mol. The Morgan fingerprint density at radius 2 is 1.81 bits per heavy atom. The van der Waals surface area contributed by atoms with E-state index in [1.807, 2.05) is 0 Å². The predicted molar refractivity (Wildman–Crippen MR) is 95.3 cm³/mol. The van der Waals surface area contributed by atoms with Crippen molar-refractivity contribution in [2.45, 2.75) is 25.6 Å². The molecule has 0 aliphatic carbocycles. The summed E-state index contributed by atoms with van der Waals surface area (Å²) in [7, 11) is 0. The first-order chi connectivity index (χ1) is 14.2. The highest BCUT2D eigenvalue weighted by Crippen LogP contribution is 2.40. The summed E-state index contributed by atoms with van der Waals surface area (Å²) < 4.78 is 81.5. The molecule has 0 saturated carbocycles. The van der Waals surface area contributed by atoms with E-state index in [1.54, 1.807) is 0 Å². The number of thiophene rings is 1. The molecule has 2 heterocycles. The van der Waals surface area contributed by atoms with Gasteiger partial charge in [0, 0.05) is 17.1 Å². The van der Waals surface area contributed by atoms with E-state index >= 15 is 0 Å².